The van der Waals surface area contributed by atoms with Gasteiger partial charge in [-0.05, 0) is 32.0 Å². The van der Waals surface area contributed by atoms with Crippen molar-refractivity contribution in [3.05, 3.63) is 52.6 Å². The molecule has 100 valence electrons. The minimum Gasteiger partial charge on any atom is -0.508 e. The Morgan fingerprint density at radius 1 is 1.32 bits per heavy atom. The molecule has 5 heteroatoms. The lowest BCUT2D eigenvalue weighted by molar-refractivity contribution is 0.467. The number of pyridine rings is 1. The van der Waals surface area contributed by atoms with Crippen LogP contribution in [0.15, 0.2) is 30.3 Å². The Hall–Kier alpha value is -1.81. The molecule has 1 atom stereocenters. The van der Waals surface area contributed by atoms with E-state index in [2.05, 4.69) is 10.3 Å². The van der Waals surface area contributed by atoms with Gasteiger partial charge in [-0.3, -0.25) is 0 Å². The van der Waals surface area contributed by atoms with Gasteiger partial charge in [-0.2, -0.15) is 0 Å². The number of nitrogens with zero attached hydrogens (tertiary/aromatic N) is 1. The van der Waals surface area contributed by atoms with Gasteiger partial charge in [-0.25, -0.2) is 9.37 Å². The summed E-state index contributed by atoms with van der Waals surface area (Å²) in [6.07, 6.45) is 0. The van der Waals surface area contributed by atoms with Gasteiger partial charge in [0.05, 0.1) is 17.4 Å². The molecule has 0 aliphatic heterocycles. The van der Waals surface area contributed by atoms with Crippen LogP contribution < -0.4 is 5.32 Å². The third-order valence-electron chi connectivity index (χ3n) is 2.87. The molecule has 0 radical (unpaired) electrons. The number of rotatable bonds is 3. The van der Waals surface area contributed by atoms with Gasteiger partial charge in [0.1, 0.15) is 16.7 Å². The molecule has 0 fully saturated rings. The van der Waals surface area contributed by atoms with Crippen LogP contribution in [0.2, 0.25) is 5.15 Å². The lowest BCUT2D eigenvalue weighted by Gasteiger charge is -2.17. The van der Waals surface area contributed by atoms with Crippen molar-refractivity contribution in [1.82, 2.24) is 4.98 Å². The van der Waals surface area contributed by atoms with Crippen LogP contribution in [0.1, 0.15) is 24.2 Å². The summed E-state index contributed by atoms with van der Waals surface area (Å²) >= 11 is 5.79. The van der Waals surface area contributed by atoms with Crippen LogP contribution >= 0.6 is 11.6 Å². The Morgan fingerprint density at radius 3 is 2.68 bits per heavy atom. The number of halogens is 2. The van der Waals surface area contributed by atoms with Gasteiger partial charge in [0.2, 0.25) is 0 Å². The molecule has 0 aliphatic carbocycles. The van der Waals surface area contributed by atoms with Crippen LogP contribution in [-0.2, 0) is 0 Å². The Kier molecular flexibility index (Phi) is 3.90. The van der Waals surface area contributed by atoms with Crippen molar-refractivity contribution in [2.75, 3.05) is 5.32 Å². The van der Waals surface area contributed by atoms with E-state index in [0.29, 0.717) is 10.7 Å². The molecule has 0 saturated carbocycles. The number of phenolic OH excluding ortho intramolecular Hbond substituents is 1. The molecule has 2 N–H and O–H groups in total. The van der Waals surface area contributed by atoms with E-state index in [1.165, 1.54) is 6.07 Å². The second kappa shape index (κ2) is 5.45. The van der Waals surface area contributed by atoms with E-state index in [9.17, 15) is 9.50 Å². The SMILES string of the molecule is Cc1nc(Cl)ccc1NC(C)c1ccc(O)cc1F. The molecule has 0 aliphatic rings. The fourth-order valence-corrected chi connectivity index (χ4v) is 2.05. The smallest absolute Gasteiger partial charge is 0.132 e. The largest absolute Gasteiger partial charge is 0.508 e. The Balaban J connectivity index is 2.23. The highest BCUT2D eigenvalue weighted by atomic mass is 35.5. The molecule has 1 aromatic heterocycles. The maximum Gasteiger partial charge on any atom is 0.132 e. The third kappa shape index (κ3) is 3.15. The molecule has 0 bridgehead atoms. The number of hydrogen-bond donors (Lipinski definition) is 2. The van der Waals surface area contributed by atoms with E-state index < -0.39 is 5.82 Å². The minimum absolute atomic E-state index is 0.0854. The third-order valence-corrected chi connectivity index (χ3v) is 3.08. The molecule has 1 heterocycles. The second-order valence-corrected chi connectivity index (χ2v) is 4.73. The van der Waals surface area contributed by atoms with Crippen molar-refractivity contribution in [3.63, 3.8) is 0 Å². The van der Waals surface area contributed by atoms with Gasteiger partial charge >= 0.3 is 0 Å². The molecule has 2 rings (SSSR count). The number of anilines is 1. The summed E-state index contributed by atoms with van der Waals surface area (Å²) in [6, 6.07) is 7.35. The van der Waals surface area contributed by atoms with Crippen LogP contribution in [0.5, 0.6) is 5.75 Å². The predicted octanol–water partition coefficient (Wildman–Crippen LogP) is 4.06. The summed E-state index contributed by atoms with van der Waals surface area (Å²) in [5.74, 6) is -0.530. The highest BCUT2D eigenvalue weighted by Gasteiger charge is 2.12. The first-order chi connectivity index (χ1) is 8.97. The maximum absolute atomic E-state index is 13.7. The topological polar surface area (TPSA) is 45.2 Å². The quantitative estimate of drug-likeness (QED) is 0.834. The molecule has 3 nitrogen and oxygen atoms in total. The number of hydrogen-bond acceptors (Lipinski definition) is 3. The summed E-state index contributed by atoms with van der Waals surface area (Å²) in [5.41, 5.74) is 2.02. The summed E-state index contributed by atoms with van der Waals surface area (Å²) in [6.45, 7) is 3.66. The zero-order chi connectivity index (χ0) is 14.0. The maximum atomic E-state index is 13.7. The zero-order valence-corrected chi connectivity index (χ0v) is 11.4. The summed E-state index contributed by atoms with van der Waals surface area (Å²) in [4.78, 5) is 4.13. The Morgan fingerprint density at radius 2 is 2.05 bits per heavy atom. The van der Waals surface area contributed by atoms with Crippen molar-refractivity contribution in [2.24, 2.45) is 0 Å². The molecule has 0 saturated heterocycles. The molecule has 0 spiro atoms. The van der Waals surface area contributed by atoms with Crippen molar-refractivity contribution in [2.45, 2.75) is 19.9 Å². The highest BCUT2D eigenvalue weighted by molar-refractivity contribution is 6.29. The van der Waals surface area contributed by atoms with Crippen molar-refractivity contribution >= 4 is 17.3 Å². The molecular weight excluding hydrogens is 267 g/mol. The summed E-state index contributed by atoms with van der Waals surface area (Å²) in [7, 11) is 0. The second-order valence-electron chi connectivity index (χ2n) is 4.34. The van der Waals surface area contributed by atoms with Crippen molar-refractivity contribution < 1.29 is 9.50 Å². The van der Waals surface area contributed by atoms with Gasteiger partial charge in [-0.15, -0.1) is 0 Å². The first-order valence-electron chi connectivity index (χ1n) is 5.85. The fourth-order valence-electron chi connectivity index (χ4n) is 1.86. The van der Waals surface area contributed by atoms with E-state index in [0.717, 1.165) is 17.4 Å². The number of aryl methyl sites for hydroxylation is 1. The molecule has 19 heavy (non-hydrogen) atoms. The lowest BCUT2D eigenvalue weighted by atomic mass is 10.1. The number of phenols is 1. The van der Waals surface area contributed by atoms with Crippen LogP contribution in [0.3, 0.4) is 0 Å². The molecular formula is C14H14ClFN2O. The number of benzene rings is 1. The van der Waals surface area contributed by atoms with Crippen LogP contribution in [0.25, 0.3) is 0 Å². The van der Waals surface area contributed by atoms with E-state index in [4.69, 9.17) is 11.6 Å². The van der Waals surface area contributed by atoms with Crippen molar-refractivity contribution in [3.8, 4) is 5.75 Å². The monoisotopic (exact) mass is 280 g/mol. The molecule has 1 unspecified atom stereocenters. The molecule has 2 aromatic rings. The first-order valence-corrected chi connectivity index (χ1v) is 6.23. The highest BCUT2D eigenvalue weighted by Crippen LogP contribution is 2.26. The van der Waals surface area contributed by atoms with Crippen LogP contribution in [-0.4, -0.2) is 10.1 Å². The Bertz CT molecular complexity index is 604. The van der Waals surface area contributed by atoms with Gasteiger partial charge < -0.3 is 10.4 Å². The molecule has 1 aromatic carbocycles. The van der Waals surface area contributed by atoms with Crippen molar-refractivity contribution in [1.29, 1.82) is 0 Å². The summed E-state index contributed by atoms with van der Waals surface area (Å²) < 4.78 is 13.7. The average Bonchev–Trinajstić information content (AvgIpc) is 2.32. The van der Waals surface area contributed by atoms with Crippen LogP contribution in [0.4, 0.5) is 10.1 Å². The van der Waals surface area contributed by atoms with E-state index in [1.807, 2.05) is 13.8 Å². The standard InChI is InChI=1S/C14H14ClFN2O/c1-8(11-4-3-10(19)7-12(11)16)17-13-5-6-14(15)18-9(13)2/h3-8,17,19H,1-2H3. The minimum atomic E-state index is -0.445. The predicted molar refractivity (Wildman–Crippen MR) is 74.1 cm³/mol. The van der Waals surface area contributed by atoms with E-state index in [1.54, 1.807) is 18.2 Å². The first kappa shape index (κ1) is 13.6. The normalized spacial score (nSPS) is 12.2. The molecule has 0 amide bonds. The van der Waals surface area contributed by atoms with Gasteiger partial charge in [-0.1, -0.05) is 17.7 Å². The Labute approximate surface area is 116 Å². The van der Waals surface area contributed by atoms with Crippen LogP contribution in [0, 0.1) is 12.7 Å². The number of aromatic hydroxyl groups is 1. The number of nitrogens with one attached hydrogen (secondary N) is 1. The van der Waals surface area contributed by atoms with Gasteiger partial charge in [0.15, 0.2) is 0 Å². The van der Waals surface area contributed by atoms with E-state index >= 15 is 0 Å². The average molecular weight is 281 g/mol. The van der Waals surface area contributed by atoms with Gasteiger partial charge in [0, 0.05) is 11.6 Å². The fraction of sp³-hybridized carbons (Fsp3) is 0.214. The zero-order valence-electron chi connectivity index (χ0n) is 10.6. The lowest BCUT2D eigenvalue weighted by Crippen LogP contribution is -2.10. The summed E-state index contributed by atoms with van der Waals surface area (Å²) in [5, 5.41) is 12.8. The van der Waals surface area contributed by atoms with Gasteiger partial charge in [0.25, 0.3) is 0 Å². The number of aromatic nitrogens is 1. The van der Waals surface area contributed by atoms with E-state index in [-0.39, 0.29) is 11.8 Å².